The van der Waals surface area contributed by atoms with Gasteiger partial charge in [-0.1, -0.05) is 12.1 Å². The van der Waals surface area contributed by atoms with E-state index < -0.39 is 11.2 Å². The van der Waals surface area contributed by atoms with E-state index >= 15 is 0 Å². The fourth-order valence-electron chi connectivity index (χ4n) is 3.07. The standard InChI is InChI=1S/C21H18FN5O3/c1-12(13-3-5-14(22)6-4-13)24-20-23-11-17-18(25-20)26-21(29)27(19(17)28)15-7-9-16(30-2)10-8-15/h3-12H,1-2H3,(H2,23,24,25,26,29)/t12-/m0/s1. The van der Waals surface area contributed by atoms with Gasteiger partial charge in [0.2, 0.25) is 5.95 Å². The summed E-state index contributed by atoms with van der Waals surface area (Å²) in [6, 6.07) is 12.4. The number of halogens is 1. The molecule has 30 heavy (non-hydrogen) atoms. The van der Waals surface area contributed by atoms with Gasteiger partial charge in [0.25, 0.3) is 5.56 Å². The Hall–Kier alpha value is -4.01. The van der Waals surface area contributed by atoms with Crippen molar-refractivity contribution in [2.75, 3.05) is 12.4 Å². The first kappa shape index (κ1) is 19.3. The van der Waals surface area contributed by atoms with Gasteiger partial charge in [0.15, 0.2) is 5.65 Å². The quantitative estimate of drug-likeness (QED) is 0.528. The maximum absolute atomic E-state index is 13.1. The molecule has 0 fully saturated rings. The SMILES string of the molecule is COc1ccc(-n2c(=O)[nH]c3nc(N[C@@H](C)c4ccc(F)cc4)ncc3c2=O)cc1. The largest absolute Gasteiger partial charge is 0.497 e. The van der Waals surface area contributed by atoms with E-state index in [2.05, 4.69) is 20.3 Å². The molecule has 2 aromatic carbocycles. The van der Waals surface area contributed by atoms with Crippen LogP contribution in [0.15, 0.2) is 64.3 Å². The van der Waals surface area contributed by atoms with Crippen molar-refractivity contribution in [2.45, 2.75) is 13.0 Å². The Morgan fingerprint density at radius 1 is 1.10 bits per heavy atom. The minimum atomic E-state index is -0.617. The van der Waals surface area contributed by atoms with Crippen LogP contribution in [0.5, 0.6) is 5.75 Å². The van der Waals surface area contributed by atoms with Crippen molar-refractivity contribution in [1.29, 1.82) is 0 Å². The summed E-state index contributed by atoms with van der Waals surface area (Å²) in [5, 5.41) is 3.25. The van der Waals surface area contributed by atoms with E-state index in [9.17, 15) is 14.0 Å². The predicted molar refractivity (Wildman–Crippen MR) is 111 cm³/mol. The molecule has 4 aromatic rings. The molecule has 2 aromatic heterocycles. The van der Waals surface area contributed by atoms with Crippen LogP contribution in [0.3, 0.4) is 0 Å². The number of nitrogens with one attached hydrogen (secondary N) is 2. The fourth-order valence-corrected chi connectivity index (χ4v) is 3.07. The highest BCUT2D eigenvalue weighted by Crippen LogP contribution is 2.18. The smallest absolute Gasteiger partial charge is 0.334 e. The summed E-state index contributed by atoms with van der Waals surface area (Å²) in [6.07, 6.45) is 1.36. The zero-order valence-electron chi connectivity index (χ0n) is 16.2. The topological polar surface area (TPSA) is 102 Å². The van der Waals surface area contributed by atoms with Crippen molar-refractivity contribution in [3.8, 4) is 11.4 Å². The van der Waals surface area contributed by atoms with Gasteiger partial charge in [0, 0.05) is 6.20 Å². The molecule has 0 aliphatic carbocycles. The number of fused-ring (bicyclic) bond motifs is 1. The van der Waals surface area contributed by atoms with Gasteiger partial charge in [-0.25, -0.2) is 18.7 Å². The van der Waals surface area contributed by atoms with E-state index in [1.54, 1.807) is 36.4 Å². The van der Waals surface area contributed by atoms with Gasteiger partial charge in [-0.2, -0.15) is 4.98 Å². The van der Waals surface area contributed by atoms with Gasteiger partial charge in [-0.05, 0) is 48.9 Å². The molecule has 152 valence electrons. The van der Waals surface area contributed by atoms with Gasteiger partial charge in [0.1, 0.15) is 17.0 Å². The zero-order valence-corrected chi connectivity index (χ0v) is 16.2. The van der Waals surface area contributed by atoms with E-state index in [0.717, 1.165) is 10.1 Å². The molecule has 8 nitrogen and oxygen atoms in total. The van der Waals surface area contributed by atoms with Crippen LogP contribution in [0.2, 0.25) is 0 Å². The minimum Gasteiger partial charge on any atom is -0.497 e. The number of aromatic amines is 1. The van der Waals surface area contributed by atoms with Gasteiger partial charge >= 0.3 is 5.69 Å². The van der Waals surface area contributed by atoms with E-state index in [4.69, 9.17) is 4.74 Å². The molecule has 0 amide bonds. The summed E-state index contributed by atoms with van der Waals surface area (Å²) in [5.74, 6) is 0.522. The molecule has 0 saturated carbocycles. The number of ether oxygens (including phenoxy) is 1. The maximum Gasteiger partial charge on any atom is 0.334 e. The van der Waals surface area contributed by atoms with Gasteiger partial charge in [-0.15, -0.1) is 0 Å². The molecule has 1 atom stereocenters. The summed E-state index contributed by atoms with van der Waals surface area (Å²) >= 11 is 0. The lowest BCUT2D eigenvalue weighted by molar-refractivity contribution is 0.414. The summed E-state index contributed by atoms with van der Waals surface area (Å²) in [5.41, 5.74) is 0.212. The van der Waals surface area contributed by atoms with Crippen molar-refractivity contribution in [3.05, 3.63) is 86.9 Å². The van der Waals surface area contributed by atoms with Crippen LogP contribution in [0, 0.1) is 5.82 Å². The van der Waals surface area contributed by atoms with Crippen LogP contribution >= 0.6 is 0 Å². The average molecular weight is 407 g/mol. The fraction of sp³-hybridized carbons (Fsp3) is 0.143. The first-order valence-electron chi connectivity index (χ1n) is 9.15. The third kappa shape index (κ3) is 3.64. The molecule has 4 rings (SSSR count). The Labute approximate surface area is 170 Å². The molecule has 0 spiro atoms. The molecule has 0 aliphatic rings. The van der Waals surface area contributed by atoms with Gasteiger partial charge in [-0.3, -0.25) is 9.78 Å². The molecular weight excluding hydrogens is 389 g/mol. The Kier molecular flexibility index (Phi) is 5.01. The number of anilines is 1. The maximum atomic E-state index is 13.1. The molecule has 0 saturated heterocycles. The van der Waals surface area contributed by atoms with Crippen LogP contribution in [0.1, 0.15) is 18.5 Å². The number of aromatic nitrogens is 4. The summed E-state index contributed by atoms with van der Waals surface area (Å²) in [7, 11) is 1.53. The van der Waals surface area contributed by atoms with E-state index in [1.807, 2.05) is 6.92 Å². The van der Waals surface area contributed by atoms with Crippen molar-refractivity contribution in [3.63, 3.8) is 0 Å². The molecule has 2 heterocycles. The molecule has 9 heteroatoms. The Morgan fingerprint density at radius 3 is 2.47 bits per heavy atom. The summed E-state index contributed by atoms with van der Waals surface area (Å²) < 4.78 is 19.2. The lowest BCUT2D eigenvalue weighted by Gasteiger charge is -2.14. The number of hydrogen-bond donors (Lipinski definition) is 2. The second kappa shape index (κ2) is 7.78. The number of methoxy groups -OCH3 is 1. The number of benzene rings is 2. The number of H-pyrrole nitrogens is 1. The highest BCUT2D eigenvalue weighted by Gasteiger charge is 2.13. The first-order valence-corrected chi connectivity index (χ1v) is 9.15. The molecule has 0 unspecified atom stereocenters. The van der Waals surface area contributed by atoms with Crippen molar-refractivity contribution in [1.82, 2.24) is 19.5 Å². The van der Waals surface area contributed by atoms with Crippen molar-refractivity contribution in [2.24, 2.45) is 0 Å². The molecule has 0 bridgehead atoms. The molecular formula is C21H18FN5O3. The Balaban J connectivity index is 1.69. The Morgan fingerprint density at radius 2 is 1.80 bits per heavy atom. The third-order valence-electron chi connectivity index (χ3n) is 4.70. The van der Waals surface area contributed by atoms with Crippen LogP contribution in [-0.2, 0) is 0 Å². The number of rotatable bonds is 5. The second-order valence-electron chi connectivity index (χ2n) is 6.64. The minimum absolute atomic E-state index is 0.124. The molecule has 0 radical (unpaired) electrons. The van der Waals surface area contributed by atoms with Crippen LogP contribution in [0.4, 0.5) is 10.3 Å². The lowest BCUT2D eigenvalue weighted by Crippen LogP contribution is -2.34. The van der Waals surface area contributed by atoms with Crippen LogP contribution in [0.25, 0.3) is 16.7 Å². The number of hydrogen-bond acceptors (Lipinski definition) is 6. The van der Waals surface area contributed by atoms with Crippen molar-refractivity contribution < 1.29 is 9.13 Å². The van der Waals surface area contributed by atoms with Gasteiger partial charge < -0.3 is 10.1 Å². The summed E-state index contributed by atoms with van der Waals surface area (Å²) in [6.45, 7) is 1.87. The van der Waals surface area contributed by atoms with Gasteiger partial charge in [0.05, 0.1) is 18.8 Å². The lowest BCUT2D eigenvalue weighted by atomic mass is 10.1. The molecule has 0 aliphatic heterocycles. The van der Waals surface area contributed by atoms with E-state index in [-0.39, 0.29) is 28.8 Å². The second-order valence-corrected chi connectivity index (χ2v) is 6.64. The number of nitrogens with zero attached hydrogens (tertiary/aromatic N) is 3. The summed E-state index contributed by atoms with van der Waals surface area (Å²) in [4.78, 5) is 36.5. The first-order chi connectivity index (χ1) is 14.5. The third-order valence-corrected chi connectivity index (χ3v) is 4.70. The van der Waals surface area contributed by atoms with Crippen LogP contribution in [-0.4, -0.2) is 26.6 Å². The van der Waals surface area contributed by atoms with Crippen LogP contribution < -0.4 is 21.3 Å². The molecule has 2 N–H and O–H groups in total. The van der Waals surface area contributed by atoms with E-state index in [0.29, 0.717) is 11.4 Å². The zero-order chi connectivity index (χ0) is 21.3. The predicted octanol–water partition coefficient (Wildman–Crippen LogP) is 2.79. The Bertz CT molecular complexity index is 1310. The highest BCUT2D eigenvalue weighted by molar-refractivity contribution is 5.73. The monoisotopic (exact) mass is 407 g/mol. The van der Waals surface area contributed by atoms with E-state index in [1.165, 1.54) is 25.4 Å². The average Bonchev–Trinajstić information content (AvgIpc) is 2.74. The highest BCUT2D eigenvalue weighted by atomic mass is 19.1. The normalized spacial score (nSPS) is 12.0. The van der Waals surface area contributed by atoms with Crippen molar-refractivity contribution >= 4 is 17.0 Å².